The van der Waals surface area contributed by atoms with Gasteiger partial charge < -0.3 is 0 Å². The van der Waals surface area contributed by atoms with Crippen LogP contribution in [0.5, 0.6) is 0 Å². The van der Waals surface area contributed by atoms with Gasteiger partial charge in [-0.25, -0.2) is 0 Å². The van der Waals surface area contributed by atoms with E-state index in [0.717, 1.165) is 34.6 Å². The van der Waals surface area contributed by atoms with Crippen LogP contribution in [0, 0.1) is 0 Å². The maximum absolute atomic E-state index is 13.0. The summed E-state index contributed by atoms with van der Waals surface area (Å²) in [6.45, 7) is 0. The first-order chi connectivity index (χ1) is 12.6. The Labute approximate surface area is 156 Å². The van der Waals surface area contributed by atoms with E-state index in [-0.39, 0.29) is 0 Å². The highest BCUT2D eigenvalue weighted by Crippen LogP contribution is 2.27. The number of nitrogens with zero attached hydrogens (tertiary/aromatic N) is 1. The summed E-state index contributed by atoms with van der Waals surface area (Å²) in [4.78, 5) is 2.08. The fraction of sp³-hybridized carbons (Fsp3) is 0.143. The summed E-state index contributed by atoms with van der Waals surface area (Å²) >= 11 is 0. The lowest BCUT2D eigenvalue weighted by molar-refractivity contribution is 0.598. The summed E-state index contributed by atoms with van der Waals surface area (Å²) in [6.07, 6.45) is 3.07. The molecule has 0 amide bonds. The van der Waals surface area contributed by atoms with Gasteiger partial charge in [0.15, 0.2) is 0 Å². The molecule has 0 aliphatic heterocycles. The van der Waals surface area contributed by atoms with Crippen molar-refractivity contribution in [1.82, 2.24) is 0 Å². The van der Waals surface area contributed by atoms with E-state index in [0.29, 0.717) is 4.90 Å². The van der Waals surface area contributed by atoms with Gasteiger partial charge in [-0.05, 0) is 77.5 Å². The van der Waals surface area contributed by atoms with E-state index in [4.69, 9.17) is 0 Å². The lowest BCUT2D eigenvalue weighted by Crippen LogP contribution is -2.02. The molecule has 0 atom stereocenters. The molecule has 26 heavy (non-hydrogen) atoms. The first-order valence-electron chi connectivity index (χ1n) is 8.58. The molecule has 0 fully saturated rings. The second kappa shape index (κ2) is 7.17. The van der Waals surface area contributed by atoms with Gasteiger partial charge in [-0.3, -0.25) is 0 Å². The Kier molecular flexibility index (Phi) is 4.74. The average molecular weight is 382 g/mol. The van der Waals surface area contributed by atoms with Crippen molar-refractivity contribution < 1.29 is 8.42 Å². The van der Waals surface area contributed by atoms with Gasteiger partial charge in [0.25, 0.3) is 10.0 Å². The molecule has 0 saturated carbocycles. The normalized spacial score (nSPS) is 13.6. The molecule has 0 N–H and O–H groups in total. The van der Waals surface area contributed by atoms with Gasteiger partial charge in [-0.2, -0.15) is 8.42 Å². The fourth-order valence-corrected chi connectivity index (χ4v) is 6.62. The molecular formula is C21H19NO2S2. The van der Waals surface area contributed by atoms with Crippen molar-refractivity contribution in [3.8, 4) is 0 Å². The van der Waals surface area contributed by atoms with Crippen molar-refractivity contribution in [3.63, 3.8) is 0 Å². The van der Waals surface area contributed by atoms with E-state index in [9.17, 15) is 8.42 Å². The lowest BCUT2D eigenvalue weighted by atomic mass is 10.1. The summed E-state index contributed by atoms with van der Waals surface area (Å²) in [5, 5.41) is 0. The average Bonchev–Trinajstić information content (AvgIpc) is 3.15. The molecule has 0 aromatic heterocycles. The molecule has 4 rings (SSSR count). The summed E-state index contributed by atoms with van der Waals surface area (Å²) in [6, 6.07) is 24.6. The highest BCUT2D eigenvalue weighted by Gasteiger charge is 2.19. The SMILES string of the molecule is O=S(=O)(N=S(c1ccccc1)c1ccccc1)c1ccc2c(c1)CCC2. The van der Waals surface area contributed by atoms with Crippen LogP contribution in [0.25, 0.3) is 0 Å². The first-order valence-corrected chi connectivity index (χ1v) is 11.2. The van der Waals surface area contributed by atoms with Gasteiger partial charge in [0.1, 0.15) is 0 Å². The summed E-state index contributed by atoms with van der Waals surface area (Å²) in [5.74, 6) is 0. The zero-order valence-electron chi connectivity index (χ0n) is 14.2. The molecule has 0 bridgehead atoms. The number of hydrogen-bond acceptors (Lipinski definition) is 2. The quantitative estimate of drug-likeness (QED) is 0.653. The first kappa shape index (κ1) is 17.2. The zero-order valence-corrected chi connectivity index (χ0v) is 15.8. The molecule has 3 nitrogen and oxygen atoms in total. The highest BCUT2D eigenvalue weighted by atomic mass is 32.3. The number of aryl methyl sites for hydroxylation is 2. The van der Waals surface area contributed by atoms with Crippen LogP contribution in [0.1, 0.15) is 17.5 Å². The number of benzene rings is 3. The van der Waals surface area contributed by atoms with Crippen molar-refractivity contribution in [3.05, 3.63) is 90.0 Å². The zero-order chi connectivity index (χ0) is 18.0. The molecule has 0 heterocycles. The van der Waals surface area contributed by atoms with Crippen molar-refractivity contribution in [1.29, 1.82) is 0 Å². The van der Waals surface area contributed by atoms with Crippen LogP contribution in [0.4, 0.5) is 0 Å². The Hall–Kier alpha value is -2.24. The lowest BCUT2D eigenvalue weighted by Gasteiger charge is -2.10. The molecule has 0 saturated heterocycles. The molecule has 1 aliphatic carbocycles. The van der Waals surface area contributed by atoms with E-state index in [1.807, 2.05) is 66.7 Å². The molecule has 5 heteroatoms. The van der Waals surface area contributed by atoms with Crippen LogP contribution in [-0.2, 0) is 33.6 Å². The van der Waals surface area contributed by atoms with Gasteiger partial charge in [0.05, 0.1) is 4.90 Å². The number of rotatable bonds is 4. The summed E-state index contributed by atoms with van der Waals surface area (Å²) in [5.41, 5.74) is 2.40. The minimum Gasteiger partial charge on any atom is -0.199 e. The monoisotopic (exact) mass is 381 g/mol. The maximum atomic E-state index is 13.0. The third kappa shape index (κ3) is 3.50. The second-order valence-corrected chi connectivity index (χ2v) is 9.77. The number of sulfonamides is 1. The molecule has 3 aromatic carbocycles. The Bertz CT molecular complexity index is 1020. The standard InChI is InChI=1S/C21H19NO2S2/c23-26(24,21-15-14-17-8-7-9-18(17)16-21)22-25(19-10-3-1-4-11-19)20-12-5-2-6-13-20/h1-6,10-16H,7-9H2. The minimum absolute atomic E-state index is 0.294. The van der Waals surface area contributed by atoms with E-state index in [1.165, 1.54) is 5.56 Å². The number of hydrogen-bond donors (Lipinski definition) is 0. The molecule has 0 unspecified atom stereocenters. The van der Waals surface area contributed by atoms with Crippen molar-refractivity contribution >= 4 is 20.7 Å². The Morgan fingerprint density at radius 2 is 1.31 bits per heavy atom. The van der Waals surface area contributed by atoms with Crippen molar-refractivity contribution in [2.24, 2.45) is 3.77 Å². The molecule has 1 aliphatic rings. The summed E-state index contributed by atoms with van der Waals surface area (Å²) in [7, 11) is -4.62. The summed E-state index contributed by atoms with van der Waals surface area (Å²) < 4.78 is 30.4. The van der Waals surface area contributed by atoms with Gasteiger partial charge >= 0.3 is 0 Å². The van der Waals surface area contributed by atoms with E-state index >= 15 is 0 Å². The van der Waals surface area contributed by atoms with Gasteiger partial charge in [0.2, 0.25) is 0 Å². The smallest absolute Gasteiger partial charge is 0.199 e. The van der Waals surface area contributed by atoms with E-state index < -0.39 is 20.7 Å². The third-order valence-electron chi connectivity index (χ3n) is 4.47. The number of fused-ring (bicyclic) bond motifs is 1. The maximum Gasteiger partial charge on any atom is 0.288 e. The predicted octanol–water partition coefficient (Wildman–Crippen LogP) is 4.78. The molecule has 3 aromatic rings. The predicted molar refractivity (Wildman–Crippen MR) is 105 cm³/mol. The molecule has 0 radical (unpaired) electrons. The molecular weight excluding hydrogens is 362 g/mol. The Balaban J connectivity index is 1.84. The van der Waals surface area contributed by atoms with Gasteiger partial charge in [0, 0.05) is 9.79 Å². The molecule has 0 spiro atoms. The van der Waals surface area contributed by atoms with E-state index in [1.54, 1.807) is 12.1 Å². The highest BCUT2D eigenvalue weighted by molar-refractivity contribution is 8.00. The van der Waals surface area contributed by atoms with Crippen LogP contribution >= 0.6 is 0 Å². The van der Waals surface area contributed by atoms with Gasteiger partial charge in [-0.1, -0.05) is 42.5 Å². The topological polar surface area (TPSA) is 46.5 Å². The van der Waals surface area contributed by atoms with Crippen molar-refractivity contribution in [2.45, 2.75) is 33.9 Å². The third-order valence-corrected chi connectivity index (χ3v) is 8.14. The fourth-order valence-electron chi connectivity index (χ4n) is 3.17. The minimum atomic E-state index is -3.74. The van der Waals surface area contributed by atoms with Crippen LogP contribution in [0.3, 0.4) is 0 Å². The largest absolute Gasteiger partial charge is 0.288 e. The molecule has 132 valence electrons. The van der Waals surface area contributed by atoms with Crippen LogP contribution in [0.15, 0.2) is 97.3 Å². The Morgan fingerprint density at radius 3 is 1.92 bits per heavy atom. The second-order valence-electron chi connectivity index (χ2n) is 6.24. The van der Waals surface area contributed by atoms with E-state index in [2.05, 4.69) is 3.77 Å². The van der Waals surface area contributed by atoms with Crippen LogP contribution in [-0.4, -0.2) is 8.42 Å². The Morgan fingerprint density at radius 1 is 0.731 bits per heavy atom. The van der Waals surface area contributed by atoms with Crippen molar-refractivity contribution in [2.75, 3.05) is 0 Å². The van der Waals surface area contributed by atoms with Gasteiger partial charge in [-0.15, -0.1) is 3.77 Å². The van der Waals surface area contributed by atoms with Crippen LogP contribution in [0.2, 0.25) is 0 Å². The van der Waals surface area contributed by atoms with Crippen LogP contribution < -0.4 is 0 Å².